The number of carbonyl (C=O) groups is 1. The zero-order valence-electron chi connectivity index (χ0n) is 20.0. The standard InChI is InChI=1S/C27H27NO5.Na/c1-15-8-9-23(32-17(3)18-10-12-31-13-11-18)24-20(27(29)30)14-21(28-25(15)24)26-16(2)19-6-4-5-7-22(19)33-26;/h4-9,14,17-18H,10-13H2,1-3H3,(H,29,30);/q;+1/p-1. The van der Waals surface area contributed by atoms with Crippen LogP contribution in [0.15, 0.2) is 46.9 Å². The van der Waals surface area contributed by atoms with Crippen molar-refractivity contribution in [3.05, 3.63) is 59.2 Å². The van der Waals surface area contributed by atoms with Crippen molar-refractivity contribution in [2.24, 2.45) is 5.92 Å². The van der Waals surface area contributed by atoms with E-state index in [1.54, 1.807) is 0 Å². The van der Waals surface area contributed by atoms with Crippen LogP contribution in [-0.2, 0) is 4.74 Å². The molecule has 0 amide bonds. The number of aromatic carboxylic acids is 1. The minimum absolute atomic E-state index is 0. The van der Waals surface area contributed by atoms with Gasteiger partial charge in [-0.1, -0.05) is 24.3 Å². The molecule has 6 nitrogen and oxygen atoms in total. The monoisotopic (exact) mass is 467 g/mol. The number of para-hydroxylation sites is 1. The van der Waals surface area contributed by atoms with E-state index < -0.39 is 5.97 Å². The third kappa shape index (κ3) is 4.48. The van der Waals surface area contributed by atoms with Gasteiger partial charge in [0, 0.05) is 29.7 Å². The average molecular weight is 467 g/mol. The van der Waals surface area contributed by atoms with Crippen molar-refractivity contribution in [3.8, 4) is 17.2 Å². The number of carboxylic acid groups (broad SMARTS) is 1. The van der Waals surface area contributed by atoms with Crippen LogP contribution in [-0.4, -0.2) is 30.3 Å². The Hall–Kier alpha value is -2.38. The van der Waals surface area contributed by atoms with Gasteiger partial charge >= 0.3 is 29.6 Å². The van der Waals surface area contributed by atoms with Crippen LogP contribution in [0.5, 0.6) is 5.75 Å². The molecule has 1 aliphatic rings. The van der Waals surface area contributed by atoms with Gasteiger partial charge in [-0.3, -0.25) is 0 Å². The molecule has 0 saturated carbocycles. The Kier molecular flexibility index (Phi) is 7.33. The van der Waals surface area contributed by atoms with E-state index in [2.05, 4.69) is 0 Å². The molecule has 1 fully saturated rings. The van der Waals surface area contributed by atoms with E-state index in [0.717, 1.165) is 48.2 Å². The van der Waals surface area contributed by atoms with Gasteiger partial charge in [0.25, 0.3) is 0 Å². The van der Waals surface area contributed by atoms with Crippen molar-refractivity contribution >= 4 is 27.8 Å². The summed E-state index contributed by atoms with van der Waals surface area (Å²) in [7, 11) is 0. The van der Waals surface area contributed by atoms with Gasteiger partial charge in [-0.25, -0.2) is 4.98 Å². The molecule has 170 valence electrons. The summed E-state index contributed by atoms with van der Waals surface area (Å²) in [4.78, 5) is 17.1. The van der Waals surface area contributed by atoms with E-state index in [-0.39, 0.29) is 41.2 Å². The molecule has 0 spiro atoms. The fourth-order valence-corrected chi connectivity index (χ4v) is 4.72. The van der Waals surface area contributed by atoms with E-state index >= 15 is 0 Å². The Morgan fingerprint density at radius 3 is 2.59 bits per heavy atom. The van der Waals surface area contributed by atoms with Gasteiger partial charge in [-0.05, 0) is 63.3 Å². The molecule has 1 atom stereocenters. The van der Waals surface area contributed by atoms with Crippen LogP contribution in [0.1, 0.15) is 41.3 Å². The second kappa shape index (κ2) is 10.1. The summed E-state index contributed by atoms with van der Waals surface area (Å²) in [5.41, 5.74) is 3.60. The van der Waals surface area contributed by atoms with Gasteiger partial charge in [0.15, 0.2) is 5.76 Å². The predicted octanol–water partition coefficient (Wildman–Crippen LogP) is 1.83. The van der Waals surface area contributed by atoms with E-state index in [4.69, 9.17) is 18.9 Å². The molecular weight excluding hydrogens is 441 g/mol. The van der Waals surface area contributed by atoms with Crippen LogP contribution >= 0.6 is 0 Å². The number of aromatic nitrogens is 1. The van der Waals surface area contributed by atoms with E-state index in [1.807, 2.05) is 57.2 Å². The third-order valence-electron chi connectivity index (χ3n) is 6.66. The number of furan rings is 1. The Bertz CT molecular complexity index is 1360. The number of benzene rings is 2. The van der Waals surface area contributed by atoms with Crippen LogP contribution in [0.25, 0.3) is 33.3 Å². The van der Waals surface area contributed by atoms with Crippen molar-refractivity contribution < 1.29 is 53.3 Å². The topological polar surface area (TPSA) is 84.6 Å². The molecule has 2 aromatic heterocycles. The summed E-state index contributed by atoms with van der Waals surface area (Å²) in [5, 5.41) is 13.7. The second-order valence-corrected chi connectivity index (χ2v) is 8.77. The summed E-state index contributed by atoms with van der Waals surface area (Å²) >= 11 is 0. The second-order valence-electron chi connectivity index (χ2n) is 8.77. The number of rotatable bonds is 5. The molecule has 0 aliphatic carbocycles. The molecule has 5 rings (SSSR count). The number of nitrogens with zero attached hydrogens (tertiary/aromatic N) is 1. The van der Waals surface area contributed by atoms with E-state index in [1.165, 1.54) is 6.07 Å². The number of pyridine rings is 1. The molecule has 0 radical (unpaired) electrons. The van der Waals surface area contributed by atoms with Gasteiger partial charge < -0.3 is 23.8 Å². The minimum atomic E-state index is -1.27. The first-order valence-electron chi connectivity index (χ1n) is 11.3. The molecule has 0 N–H and O–H groups in total. The average Bonchev–Trinajstić information content (AvgIpc) is 3.17. The van der Waals surface area contributed by atoms with Gasteiger partial charge in [-0.15, -0.1) is 0 Å². The maximum Gasteiger partial charge on any atom is 1.00 e. The number of hydrogen-bond acceptors (Lipinski definition) is 6. The van der Waals surface area contributed by atoms with Crippen molar-refractivity contribution in [2.75, 3.05) is 13.2 Å². The molecule has 1 aliphatic heterocycles. The Morgan fingerprint density at radius 1 is 1.15 bits per heavy atom. The maximum absolute atomic E-state index is 12.3. The number of carboxylic acids is 1. The Morgan fingerprint density at radius 2 is 1.88 bits per heavy atom. The van der Waals surface area contributed by atoms with Crippen molar-refractivity contribution in [3.63, 3.8) is 0 Å². The van der Waals surface area contributed by atoms with Crippen LogP contribution in [0.3, 0.4) is 0 Å². The quantitative estimate of drug-likeness (QED) is 0.417. The zero-order valence-corrected chi connectivity index (χ0v) is 22.0. The van der Waals surface area contributed by atoms with E-state index in [0.29, 0.717) is 34.0 Å². The van der Waals surface area contributed by atoms with Crippen LogP contribution in [0.4, 0.5) is 0 Å². The Balaban J connectivity index is 0.00000274. The first-order chi connectivity index (χ1) is 15.9. The molecule has 4 aromatic rings. The maximum atomic E-state index is 12.3. The Labute approximate surface area is 220 Å². The first kappa shape index (κ1) is 24.7. The van der Waals surface area contributed by atoms with Crippen LogP contribution in [0, 0.1) is 19.8 Å². The normalized spacial score (nSPS) is 15.3. The number of ether oxygens (including phenoxy) is 2. The molecule has 1 saturated heterocycles. The van der Waals surface area contributed by atoms with Gasteiger partial charge in [0.05, 0.1) is 23.0 Å². The number of hydrogen-bond donors (Lipinski definition) is 0. The minimum Gasteiger partial charge on any atom is -0.545 e. The zero-order chi connectivity index (χ0) is 23.1. The fraction of sp³-hybridized carbons (Fsp3) is 0.333. The molecular formula is C27H26NNaO5. The molecule has 2 aromatic carbocycles. The number of fused-ring (bicyclic) bond motifs is 2. The smallest absolute Gasteiger partial charge is 0.545 e. The fourth-order valence-electron chi connectivity index (χ4n) is 4.72. The summed E-state index contributed by atoms with van der Waals surface area (Å²) in [6, 6.07) is 13.0. The first-order valence-corrected chi connectivity index (χ1v) is 11.3. The van der Waals surface area contributed by atoms with Crippen LogP contribution < -0.4 is 39.4 Å². The van der Waals surface area contributed by atoms with Gasteiger partial charge in [-0.2, -0.15) is 0 Å². The predicted molar refractivity (Wildman–Crippen MR) is 124 cm³/mol. The summed E-state index contributed by atoms with van der Waals surface area (Å²) in [6.07, 6.45) is 1.77. The molecule has 3 heterocycles. The third-order valence-corrected chi connectivity index (χ3v) is 6.66. The molecule has 0 bridgehead atoms. The summed E-state index contributed by atoms with van der Waals surface area (Å²) in [6.45, 7) is 7.33. The van der Waals surface area contributed by atoms with Crippen LogP contribution in [0.2, 0.25) is 0 Å². The molecule has 1 unspecified atom stereocenters. The van der Waals surface area contributed by atoms with Gasteiger partial charge in [0.2, 0.25) is 0 Å². The summed E-state index contributed by atoms with van der Waals surface area (Å²) in [5.74, 6) is 0.148. The molecule has 7 heteroatoms. The van der Waals surface area contributed by atoms with Crippen molar-refractivity contribution in [1.82, 2.24) is 4.98 Å². The number of aryl methyl sites for hydroxylation is 2. The molecule has 34 heavy (non-hydrogen) atoms. The summed E-state index contributed by atoms with van der Waals surface area (Å²) < 4.78 is 17.8. The van der Waals surface area contributed by atoms with Crippen molar-refractivity contribution in [1.29, 1.82) is 0 Å². The van der Waals surface area contributed by atoms with E-state index in [9.17, 15) is 9.90 Å². The van der Waals surface area contributed by atoms with Gasteiger partial charge in [0.1, 0.15) is 17.0 Å². The SMILES string of the molecule is Cc1c(-c2cc(C(=O)[O-])c3c(OC(C)C4CCOCC4)ccc(C)c3n2)oc2ccccc12.[Na+]. The number of carbonyl (C=O) groups excluding carboxylic acids is 1. The largest absolute Gasteiger partial charge is 1.00 e. The van der Waals surface area contributed by atoms with Crippen molar-refractivity contribution in [2.45, 2.75) is 39.7 Å².